The first-order valence-electron chi connectivity index (χ1n) is 6.82. The number of halogens is 2. The van der Waals surface area contributed by atoms with Crippen molar-refractivity contribution in [2.45, 2.75) is 17.5 Å². The summed E-state index contributed by atoms with van der Waals surface area (Å²) in [6, 6.07) is 3.01. The molecule has 1 aliphatic heterocycles. The molecule has 0 unspecified atom stereocenters. The standard InChI is InChI=1S/C15H13F2N3O2S/c1-20-13-12(14(22)19-15(20)23-2)9(6-11(21)18-13)8-5-7(16)3-4-10(8)17/h3-5,9H,6H2,1-2H3,(H,18,21)/t9-/m0/s1. The van der Waals surface area contributed by atoms with E-state index in [1.165, 1.54) is 11.8 Å². The summed E-state index contributed by atoms with van der Waals surface area (Å²) in [5.74, 6) is -2.23. The number of rotatable bonds is 2. The van der Waals surface area contributed by atoms with Gasteiger partial charge in [-0.1, -0.05) is 11.8 Å². The van der Waals surface area contributed by atoms with Gasteiger partial charge < -0.3 is 9.88 Å². The minimum absolute atomic E-state index is 0.0168. The summed E-state index contributed by atoms with van der Waals surface area (Å²) in [7, 11) is 1.65. The van der Waals surface area contributed by atoms with Gasteiger partial charge in [-0.05, 0) is 30.0 Å². The zero-order valence-corrected chi connectivity index (χ0v) is 13.2. The topological polar surface area (TPSA) is 64.0 Å². The Bertz CT molecular complexity index is 867. The molecule has 23 heavy (non-hydrogen) atoms. The number of amides is 1. The van der Waals surface area contributed by atoms with Crippen molar-refractivity contribution in [3.05, 3.63) is 51.3 Å². The molecule has 0 radical (unpaired) electrons. The summed E-state index contributed by atoms with van der Waals surface area (Å²) in [5.41, 5.74) is -0.387. The minimum atomic E-state index is -0.864. The summed E-state index contributed by atoms with van der Waals surface area (Å²) in [5, 5.41) is 3.06. The summed E-state index contributed by atoms with van der Waals surface area (Å²) in [4.78, 5) is 28.3. The number of nitrogens with one attached hydrogen (secondary N) is 1. The maximum atomic E-state index is 14.1. The SMILES string of the molecule is CSc1nc(=O)c2c(n1C)NC(=O)C[C@H]2c1cc(F)ccc1F. The average Bonchev–Trinajstić information content (AvgIpc) is 2.52. The monoisotopic (exact) mass is 337 g/mol. The number of benzene rings is 1. The van der Waals surface area contributed by atoms with Crippen LogP contribution >= 0.6 is 11.8 Å². The number of carbonyl (C=O) groups is 1. The largest absolute Gasteiger partial charge is 0.312 e. The van der Waals surface area contributed by atoms with Crippen molar-refractivity contribution in [2.24, 2.45) is 7.05 Å². The zero-order valence-electron chi connectivity index (χ0n) is 12.4. The Labute approximate surface area is 134 Å². The maximum absolute atomic E-state index is 14.1. The molecule has 1 atom stereocenters. The zero-order chi connectivity index (χ0) is 16.7. The van der Waals surface area contributed by atoms with Gasteiger partial charge in [0.2, 0.25) is 5.91 Å². The van der Waals surface area contributed by atoms with E-state index in [-0.39, 0.29) is 29.3 Å². The fraction of sp³-hybridized carbons (Fsp3) is 0.267. The molecule has 0 spiro atoms. The lowest BCUT2D eigenvalue weighted by Crippen LogP contribution is -2.33. The number of carbonyl (C=O) groups excluding carboxylic acids is 1. The molecule has 1 N–H and O–H groups in total. The lowest BCUT2D eigenvalue weighted by Gasteiger charge is -2.27. The molecule has 0 saturated carbocycles. The third-order valence-electron chi connectivity index (χ3n) is 3.82. The van der Waals surface area contributed by atoms with Crippen molar-refractivity contribution in [1.82, 2.24) is 9.55 Å². The van der Waals surface area contributed by atoms with Crippen LogP contribution in [-0.2, 0) is 11.8 Å². The highest BCUT2D eigenvalue weighted by molar-refractivity contribution is 7.98. The number of hydrogen-bond donors (Lipinski definition) is 1. The predicted octanol–water partition coefficient (Wildman–Crippen LogP) is 2.25. The highest BCUT2D eigenvalue weighted by atomic mass is 32.2. The van der Waals surface area contributed by atoms with Crippen LogP contribution < -0.4 is 10.9 Å². The minimum Gasteiger partial charge on any atom is -0.312 e. The van der Waals surface area contributed by atoms with Gasteiger partial charge in [-0.25, -0.2) is 8.78 Å². The third kappa shape index (κ3) is 2.63. The van der Waals surface area contributed by atoms with Gasteiger partial charge in [0.15, 0.2) is 5.16 Å². The first kappa shape index (κ1) is 15.7. The summed E-state index contributed by atoms with van der Waals surface area (Å²) in [6.45, 7) is 0. The van der Waals surface area contributed by atoms with Gasteiger partial charge in [0.25, 0.3) is 5.56 Å². The summed E-state index contributed by atoms with van der Waals surface area (Å²) >= 11 is 1.25. The molecular formula is C15H13F2N3O2S. The van der Waals surface area contributed by atoms with Crippen LogP contribution in [0.4, 0.5) is 14.6 Å². The normalized spacial score (nSPS) is 16.9. The van der Waals surface area contributed by atoms with E-state index in [1.54, 1.807) is 17.9 Å². The number of anilines is 1. The van der Waals surface area contributed by atoms with E-state index in [2.05, 4.69) is 10.3 Å². The lowest BCUT2D eigenvalue weighted by atomic mass is 9.86. The van der Waals surface area contributed by atoms with Crippen molar-refractivity contribution in [2.75, 3.05) is 11.6 Å². The fourth-order valence-corrected chi connectivity index (χ4v) is 3.30. The van der Waals surface area contributed by atoms with Crippen LogP contribution in [0.2, 0.25) is 0 Å². The highest BCUT2D eigenvalue weighted by Crippen LogP contribution is 2.36. The van der Waals surface area contributed by atoms with Crippen LogP contribution in [0.1, 0.15) is 23.5 Å². The van der Waals surface area contributed by atoms with E-state index in [0.717, 1.165) is 18.2 Å². The van der Waals surface area contributed by atoms with Gasteiger partial charge >= 0.3 is 0 Å². The van der Waals surface area contributed by atoms with E-state index >= 15 is 0 Å². The molecule has 0 aliphatic carbocycles. The Morgan fingerprint density at radius 2 is 2.09 bits per heavy atom. The van der Waals surface area contributed by atoms with Gasteiger partial charge in [0.1, 0.15) is 17.5 Å². The Hall–Kier alpha value is -2.22. The number of aromatic nitrogens is 2. The summed E-state index contributed by atoms with van der Waals surface area (Å²) < 4.78 is 29.2. The van der Waals surface area contributed by atoms with E-state index in [4.69, 9.17) is 0 Å². The number of hydrogen-bond acceptors (Lipinski definition) is 4. The first-order valence-corrected chi connectivity index (χ1v) is 8.04. The quantitative estimate of drug-likeness (QED) is 0.674. The number of nitrogens with zero attached hydrogens (tertiary/aromatic N) is 2. The second-order valence-electron chi connectivity index (χ2n) is 5.20. The van der Waals surface area contributed by atoms with Crippen LogP contribution in [0, 0.1) is 11.6 Å². The van der Waals surface area contributed by atoms with Crippen LogP contribution in [0.5, 0.6) is 0 Å². The van der Waals surface area contributed by atoms with Crippen molar-refractivity contribution >= 4 is 23.5 Å². The molecule has 8 heteroatoms. The van der Waals surface area contributed by atoms with Gasteiger partial charge in [-0.3, -0.25) is 9.59 Å². The molecule has 120 valence electrons. The Morgan fingerprint density at radius 3 is 2.78 bits per heavy atom. The molecule has 1 aromatic carbocycles. The van der Waals surface area contributed by atoms with E-state index in [1.807, 2.05) is 0 Å². The molecule has 0 saturated heterocycles. The molecule has 0 fully saturated rings. The van der Waals surface area contributed by atoms with Crippen molar-refractivity contribution in [3.8, 4) is 0 Å². The molecule has 1 amide bonds. The molecule has 1 aromatic heterocycles. The summed E-state index contributed by atoms with van der Waals surface area (Å²) in [6.07, 6.45) is 1.62. The van der Waals surface area contributed by atoms with Crippen LogP contribution in [0.15, 0.2) is 28.2 Å². The van der Waals surface area contributed by atoms with Crippen LogP contribution in [-0.4, -0.2) is 21.7 Å². The average molecular weight is 337 g/mol. The van der Waals surface area contributed by atoms with Crippen LogP contribution in [0.3, 0.4) is 0 Å². The molecule has 0 bridgehead atoms. The van der Waals surface area contributed by atoms with Gasteiger partial charge in [0.05, 0.1) is 5.56 Å². The lowest BCUT2D eigenvalue weighted by molar-refractivity contribution is -0.116. The second kappa shape index (κ2) is 5.77. The van der Waals surface area contributed by atoms with Gasteiger partial charge in [-0.2, -0.15) is 4.98 Å². The Morgan fingerprint density at radius 1 is 1.35 bits per heavy atom. The van der Waals surface area contributed by atoms with Crippen molar-refractivity contribution in [3.63, 3.8) is 0 Å². The van der Waals surface area contributed by atoms with E-state index in [0.29, 0.717) is 5.16 Å². The number of fused-ring (bicyclic) bond motifs is 1. The molecule has 1 aliphatic rings. The smallest absolute Gasteiger partial charge is 0.279 e. The molecule has 3 rings (SSSR count). The highest BCUT2D eigenvalue weighted by Gasteiger charge is 2.33. The fourth-order valence-electron chi connectivity index (χ4n) is 2.77. The Kier molecular flexibility index (Phi) is 3.93. The van der Waals surface area contributed by atoms with Crippen molar-refractivity contribution in [1.29, 1.82) is 0 Å². The predicted molar refractivity (Wildman–Crippen MR) is 82.7 cm³/mol. The van der Waals surface area contributed by atoms with Gasteiger partial charge in [0, 0.05) is 19.4 Å². The Balaban J connectivity index is 2.28. The van der Waals surface area contributed by atoms with Crippen molar-refractivity contribution < 1.29 is 13.6 Å². The maximum Gasteiger partial charge on any atom is 0.279 e. The van der Waals surface area contributed by atoms with Crippen LogP contribution in [0.25, 0.3) is 0 Å². The number of thioether (sulfide) groups is 1. The molecular weight excluding hydrogens is 324 g/mol. The third-order valence-corrected chi connectivity index (χ3v) is 4.55. The molecule has 2 aromatic rings. The van der Waals surface area contributed by atoms with Gasteiger partial charge in [-0.15, -0.1) is 0 Å². The molecule has 5 nitrogen and oxygen atoms in total. The first-order chi connectivity index (χ1) is 10.9. The van der Waals surface area contributed by atoms with E-state index in [9.17, 15) is 18.4 Å². The second-order valence-corrected chi connectivity index (χ2v) is 5.97. The van der Waals surface area contributed by atoms with E-state index < -0.39 is 23.1 Å². The molecule has 2 heterocycles.